The topological polar surface area (TPSA) is 158 Å². The van der Waals surface area contributed by atoms with Crippen LogP contribution in [-0.2, 0) is 28.6 Å². The Morgan fingerprint density at radius 3 is 2.27 bits per heavy atom. The molecule has 0 amide bonds. The number of ketones is 2. The summed E-state index contributed by atoms with van der Waals surface area (Å²) >= 11 is 0. The number of ether oxygens (including phenoxy) is 3. The van der Waals surface area contributed by atoms with Gasteiger partial charge in [-0.05, 0) is 49.3 Å². The van der Waals surface area contributed by atoms with Crippen molar-refractivity contribution in [3.8, 4) is 0 Å². The molecule has 3 aliphatic carbocycles. The van der Waals surface area contributed by atoms with Crippen molar-refractivity contribution in [2.24, 2.45) is 39.8 Å². The minimum atomic E-state index is -1.83. The molecule has 2 N–H and O–H groups in total. The number of esters is 2. The lowest BCUT2D eigenvalue weighted by Crippen LogP contribution is -2.79. The molecule has 11 heteroatoms. The van der Waals surface area contributed by atoms with Crippen LogP contribution in [0, 0.1) is 39.4 Å². The lowest BCUT2D eigenvalue weighted by Gasteiger charge is -2.67. The van der Waals surface area contributed by atoms with Crippen LogP contribution in [0.4, 0.5) is 0 Å². The van der Waals surface area contributed by atoms with Crippen LogP contribution in [0.3, 0.4) is 0 Å². The minimum Gasteiger partial charge on any atom is -0.455 e. The van der Waals surface area contributed by atoms with E-state index in [9.17, 15) is 29.2 Å². The summed E-state index contributed by atoms with van der Waals surface area (Å²) in [5, 5.41) is 16.4. The molecule has 0 unspecified atom stereocenters. The quantitative estimate of drug-likeness (QED) is 0.125. The number of benzene rings is 2. The summed E-state index contributed by atoms with van der Waals surface area (Å²) in [6, 6.07) is 16.9. The fourth-order valence-electron chi connectivity index (χ4n) is 9.95. The Morgan fingerprint density at radius 2 is 1.69 bits per heavy atom. The first kappa shape index (κ1) is 37.5. The highest BCUT2D eigenvalue weighted by Crippen LogP contribution is 2.66. The molecule has 2 aromatic rings. The van der Waals surface area contributed by atoms with E-state index in [0.29, 0.717) is 12.0 Å². The van der Waals surface area contributed by atoms with E-state index in [4.69, 9.17) is 14.2 Å². The zero-order chi connectivity index (χ0) is 37.8. The zero-order valence-electron chi connectivity index (χ0n) is 31.0. The summed E-state index contributed by atoms with van der Waals surface area (Å²) in [6.07, 6.45) is -1.48. The first-order valence-corrected chi connectivity index (χ1v) is 18.2. The van der Waals surface area contributed by atoms with Crippen molar-refractivity contribution < 1.29 is 38.5 Å². The van der Waals surface area contributed by atoms with Crippen LogP contribution in [0.25, 0.3) is 0 Å². The van der Waals surface area contributed by atoms with Crippen molar-refractivity contribution >= 4 is 23.5 Å². The fraction of sp³-hybridized carbons (Fsp3) is 0.561. The van der Waals surface area contributed by atoms with Gasteiger partial charge in [-0.25, -0.2) is 4.79 Å². The lowest BCUT2D eigenvalue weighted by molar-refractivity contribution is -0.338. The smallest absolute Gasteiger partial charge is 0.338 e. The van der Waals surface area contributed by atoms with Crippen LogP contribution >= 0.6 is 0 Å². The summed E-state index contributed by atoms with van der Waals surface area (Å²) < 4.78 is 18.8. The van der Waals surface area contributed by atoms with Crippen molar-refractivity contribution in [3.63, 3.8) is 0 Å². The molecule has 0 spiro atoms. The average molecular weight is 715 g/mol. The van der Waals surface area contributed by atoms with Crippen molar-refractivity contribution in [2.45, 2.75) is 104 Å². The van der Waals surface area contributed by atoms with Crippen LogP contribution < -0.4 is 5.43 Å². The van der Waals surface area contributed by atoms with Gasteiger partial charge in [0.25, 0.3) is 0 Å². The van der Waals surface area contributed by atoms with Gasteiger partial charge in [-0.2, -0.15) is 0 Å². The predicted octanol–water partition coefficient (Wildman–Crippen LogP) is 6.25. The molecule has 2 saturated carbocycles. The highest BCUT2D eigenvalue weighted by Gasteiger charge is 2.76. The van der Waals surface area contributed by atoms with Gasteiger partial charge < -0.3 is 19.3 Å². The number of carbonyl (C=O) groups is 4. The average Bonchev–Trinajstić information content (AvgIpc) is 3.11. The molecule has 2 aromatic carbocycles. The maximum Gasteiger partial charge on any atom is 0.338 e. The lowest BCUT2D eigenvalue weighted by atomic mass is 9.43. The number of nitrogens with one attached hydrogen (secondary N) is 1. The number of nitroso groups, excluding NO2 is 1. The summed E-state index contributed by atoms with van der Waals surface area (Å²) in [5.41, 5.74) is -0.409. The highest BCUT2D eigenvalue weighted by molar-refractivity contribution is 5.91. The van der Waals surface area contributed by atoms with Crippen LogP contribution in [0.1, 0.15) is 96.1 Å². The summed E-state index contributed by atoms with van der Waals surface area (Å²) in [6.45, 7) is 12.5. The Kier molecular flexibility index (Phi) is 9.85. The van der Waals surface area contributed by atoms with Crippen LogP contribution in [-0.4, -0.2) is 58.6 Å². The van der Waals surface area contributed by atoms with E-state index in [0.717, 1.165) is 11.1 Å². The van der Waals surface area contributed by atoms with E-state index in [1.54, 1.807) is 37.3 Å². The first-order valence-electron chi connectivity index (χ1n) is 18.2. The zero-order valence-corrected chi connectivity index (χ0v) is 31.0. The SMILES string of the molecule is CC(=O)O[C@@]12CO[C@@H]1C[C@H](C)[C@@]1(C)C(=O)CC3=C(C)[C@@H](CC(=O)[C@H](C)[C@@H](NN=O)c4ccccc4)C[C@@](O)([C@@H](OC(=O)c4ccccc4)[C@H]21)C3(C)C. The molecular formula is C41H50N2O9. The number of carbonyl (C=O) groups excluding carboxylic acids is 4. The highest BCUT2D eigenvalue weighted by atomic mass is 16.6. The second-order valence-corrected chi connectivity index (χ2v) is 16.2. The maximum atomic E-state index is 15.0. The molecule has 6 rings (SSSR count). The van der Waals surface area contributed by atoms with E-state index >= 15 is 0 Å². The van der Waals surface area contributed by atoms with Crippen LogP contribution in [0.15, 0.2) is 77.1 Å². The Bertz CT molecular complexity index is 1780. The van der Waals surface area contributed by atoms with Crippen LogP contribution in [0.2, 0.25) is 0 Å². The number of hydrogen-bond donors (Lipinski definition) is 2. The number of hydrogen-bond acceptors (Lipinski definition) is 10. The molecule has 1 heterocycles. The number of rotatable bonds is 10. The Labute approximate surface area is 304 Å². The molecule has 0 radical (unpaired) electrons. The molecule has 52 heavy (non-hydrogen) atoms. The van der Waals surface area contributed by atoms with Gasteiger partial charge in [0.1, 0.15) is 29.4 Å². The molecular weight excluding hydrogens is 664 g/mol. The standard InChI is InChI=1S/C41H50N2O9/c1-23-18-33-40(22-50-33,52-26(4)44)35-36(51-37(47)28-16-12-9-13-17-28)41(48)21-29(24(2)30(38(41,5)6)20-32(46)39(23,35)7)19-31(45)25(3)34(42-43-49)27-14-10-8-11-15-27/h8-17,23,25,29,33-36,48H,18-22H2,1-7H3,(H,42,49)/t23-,25-,29-,33+,34+,35-,36-,39-,40-,41+/m0/s1. The van der Waals surface area contributed by atoms with Crippen molar-refractivity contribution in [1.29, 1.82) is 0 Å². The second kappa shape index (κ2) is 13.6. The molecule has 10 atom stereocenters. The summed E-state index contributed by atoms with van der Waals surface area (Å²) in [5.74, 6) is -4.02. The molecule has 2 bridgehead atoms. The second-order valence-electron chi connectivity index (χ2n) is 16.2. The Hall–Kier alpha value is -4.22. The molecule has 0 aromatic heterocycles. The third-order valence-electron chi connectivity index (χ3n) is 13.4. The minimum absolute atomic E-state index is 0.00299. The number of fused-ring (bicyclic) bond motifs is 5. The number of nitrogens with zero attached hydrogens (tertiary/aromatic N) is 1. The van der Waals surface area contributed by atoms with Crippen molar-refractivity contribution in [1.82, 2.24) is 5.43 Å². The van der Waals surface area contributed by atoms with Gasteiger partial charge in [-0.3, -0.25) is 19.8 Å². The Balaban J connectivity index is 1.50. The van der Waals surface area contributed by atoms with Gasteiger partial charge in [-0.15, -0.1) is 4.91 Å². The van der Waals surface area contributed by atoms with Gasteiger partial charge in [0.2, 0.25) is 0 Å². The monoisotopic (exact) mass is 714 g/mol. The van der Waals surface area contributed by atoms with E-state index in [1.807, 2.05) is 65.0 Å². The normalized spacial score (nSPS) is 34.5. The van der Waals surface area contributed by atoms with Crippen LogP contribution in [0.5, 0.6) is 0 Å². The van der Waals surface area contributed by atoms with Crippen molar-refractivity contribution in [2.75, 3.05) is 6.61 Å². The number of allylic oxidation sites excluding steroid dienone is 1. The van der Waals surface area contributed by atoms with Gasteiger partial charge in [-0.1, -0.05) is 94.3 Å². The predicted molar refractivity (Wildman–Crippen MR) is 191 cm³/mol. The molecule has 4 aliphatic rings. The molecule has 278 valence electrons. The van der Waals surface area contributed by atoms with Gasteiger partial charge in [0.15, 0.2) is 5.60 Å². The summed E-state index contributed by atoms with van der Waals surface area (Å²) in [4.78, 5) is 67.5. The maximum absolute atomic E-state index is 15.0. The van der Waals surface area contributed by atoms with E-state index in [-0.39, 0.29) is 48.9 Å². The number of aliphatic hydroxyl groups is 1. The first-order chi connectivity index (χ1) is 24.5. The molecule has 1 aliphatic heterocycles. The number of Topliss-reactive ketones (excluding diaryl/α,β-unsaturated/α-hetero) is 2. The van der Waals surface area contributed by atoms with Crippen molar-refractivity contribution in [3.05, 3.63) is 87.8 Å². The van der Waals surface area contributed by atoms with E-state index in [1.165, 1.54) is 6.92 Å². The van der Waals surface area contributed by atoms with Gasteiger partial charge in [0, 0.05) is 36.5 Å². The summed E-state index contributed by atoms with van der Waals surface area (Å²) in [7, 11) is 0. The third-order valence-corrected chi connectivity index (χ3v) is 13.4. The molecule has 11 nitrogen and oxygen atoms in total. The largest absolute Gasteiger partial charge is 0.455 e. The fourth-order valence-corrected chi connectivity index (χ4v) is 9.95. The van der Waals surface area contributed by atoms with E-state index in [2.05, 4.69) is 10.7 Å². The third kappa shape index (κ3) is 5.80. The van der Waals surface area contributed by atoms with Gasteiger partial charge in [0.05, 0.1) is 29.4 Å². The Morgan fingerprint density at radius 1 is 1.06 bits per heavy atom. The van der Waals surface area contributed by atoms with Gasteiger partial charge >= 0.3 is 11.9 Å². The molecule has 3 fully saturated rings. The molecule has 1 saturated heterocycles. The van der Waals surface area contributed by atoms with E-state index < -0.39 is 70.0 Å².